The predicted molar refractivity (Wildman–Crippen MR) is 51.0 cm³/mol. The summed E-state index contributed by atoms with van der Waals surface area (Å²) in [6.45, 7) is -0.278. The molecule has 0 saturated carbocycles. The molecule has 0 bridgehead atoms. The van der Waals surface area contributed by atoms with Crippen LogP contribution < -0.4 is 0 Å². The van der Waals surface area contributed by atoms with Gasteiger partial charge in [-0.3, -0.25) is 0 Å². The van der Waals surface area contributed by atoms with E-state index in [1.54, 1.807) is 0 Å². The molecule has 1 aromatic heterocycles. The van der Waals surface area contributed by atoms with E-state index >= 15 is 0 Å². The Balaban J connectivity index is 2.16. The number of aliphatic hydroxyl groups is 3. The highest BCUT2D eigenvalue weighted by Gasteiger charge is 2.43. The molecule has 3 N–H and O–H groups in total. The predicted octanol–water partition coefficient (Wildman–Crippen LogP) is -0.0979. The summed E-state index contributed by atoms with van der Waals surface area (Å²) in [5, 5.41) is 29.9. The molecule has 14 heavy (non-hydrogen) atoms. The van der Waals surface area contributed by atoms with Crippen molar-refractivity contribution >= 4 is 11.3 Å². The van der Waals surface area contributed by atoms with Crippen molar-refractivity contribution in [2.45, 2.75) is 24.4 Å². The van der Waals surface area contributed by atoms with Gasteiger partial charge in [-0.2, -0.15) is 0 Å². The highest BCUT2D eigenvalue weighted by molar-refractivity contribution is 7.10. The van der Waals surface area contributed by atoms with E-state index in [2.05, 4.69) is 0 Å². The summed E-state index contributed by atoms with van der Waals surface area (Å²) in [5.41, 5.74) is 0. The summed E-state index contributed by atoms with van der Waals surface area (Å²) in [7, 11) is 0. The zero-order valence-electron chi connectivity index (χ0n) is 7.41. The quantitative estimate of drug-likeness (QED) is 0.646. The number of rotatable bonds is 2. The third-order valence-corrected chi connectivity index (χ3v) is 3.30. The van der Waals surface area contributed by atoms with Gasteiger partial charge < -0.3 is 20.1 Å². The maximum Gasteiger partial charge on any atom is 0.121 e. The standard InChI is InChI=1S/C9H12O4S/c10-4-5-7(11)8(12)9(13-5)6-2-1-3-14-6/h1-3,5,7-12H,4H2. The molecule has 0 amide bonds. The minimum atomic E-state index is -1.01. The normalized spacial score (nSPS) is 37.6. The molecule has 0 aromatic carbocycles. The highest BCUT2D eigenvalue weighted by atomic mass is 32.1. The number of ether oxygens (including phenoxy) is 1. The van der Waals surface area contributed by atoms with Gasteiger partial charge in [0.15, 0.2) is 0 Å². The Bertz CT molecular complexity index is 287. The van der Waals surface area contributed by atoms with Gasteiger partial charge in [0, 0.05) is 4.88 Å². The van der Waals surface area contributed by atoms with Crippen molar-refractivity contribution in [1.29, 1.82) is 0 Å². The number of thiophene rings is 1. The summed E-state index contributed by atoms with van der Waals surface area (Å²) < 4.78 is 5.34. The molecule has 0 spiro atoms. The lowest BCUT2D eigenvalue weighted by atomic mass is 10.1. The van der Waals surface area contributed by atoms with Crippen LogP contribution in [0.25, 0.3) is 0 Å². The minimum Gasteiger partial charge on any atom is -0.394 e. The Morgan fingerprint density at radius 3 is 2.64 bits per heavy atom. The van der Waals surface area contributed by atoms with Gasteiger partial charge in [0.1, 0.15) is 24.4 Å². The first-order chi connectivity index (χ1) is 6.74. The molecule has 1 fully saturated rings. The Kier molecular flexibility index (Phi) is 2.85. The van der Waals surface area contributed by atoms with Gasteiger partial charge in [0.25, 0.3) is 0 Å². The maximum atomic E-state index is 9.65. The second-order valence-corrected chi connectivity index (χ2v) is 4.25. The Hall–Kier alpha value is -0.460. The number of hydrogen-bond acceptors (Lipinski definition) is 5. The molecule has 5 heteroatoms. The van der Waals surface area contributed by atoms with Crippen LogP contribution in [0.3, 0.4) is 0 Å². The van der Waals surface area contributed by atoms with E-state index in [0.29, 0.717) is 0 Å². The first-order valence-electron chi connectivity index (χ1n) is 4.40. The van der Waals surface area contributed by atoms with Gasteiger partial charge in [-0.15, -0.1) is 11.3 Å². The van der Waals surface area contributed by atoms with Crippen LogP contribution in [0.2, 0.25) is 0 Å². The third-order valence-electron chi connectivity index (χ3n) is 2.37. The van der Waals surface area contributed by atoms with Crippen LogP contribution in [0, 0.1) is 0 Å². The molecule has 0 aliphatic carbocycles. The lowest BCUT2D eigenvalue weighted by Gasteiger charge is -2.12. The Morgan fingerprint density at radius 1 is 1.36 bits per heavy atom. The van der Waals surface area contributed by atoms with Crippen molar-refractivity contribution in [2.75, 3.05) is 6.61 Å². The first kappa shape index (κ1) is 10.1. The number of hydrogen-bond donors (Lipinski definition) is 3. The van der Waals surface area contributed by atoms with Gasteiger partial charge >= 0.3 is 0 Å². The molecule has 1 aromatic rings. The Labute approximate surface area is 85.4 Å². The third kappa shape index (κ3) is 1.57. The van der Waals surface area contributed by atoms with Crippen LogP contribution in [0.5, 0.6) is 0 Å². The van der Waals surface area contributed by atoms with E-state index in [4.69, 9.17) is 9.84 Å². The highest BCUT2D eigenvalue weighted by Crippen LogP contribution is 2.35. The second-order valence-electron chi connectivity index (χ2n) is 3.27. The molecular formula is C9H12O4S. The lowest BCUT2D eigenvalue weighted by molar-refractivity contribution is -0.0217. The average Bonchev–Trinajstić information content (AvgIpc) is 2.78. The van der Waals surface area contributed by atoms with E-state index in [9.17, 15) is 10.2 Å². The minimum absolute atomic E-state index is 0.278. The number of aliphatic hydroxyl groups excluding tert-OH is 3. The summed E-state index contributed by atoms with van der Waals surface area (Å²) in [4.78, 5) is 0.868. The van der Waals surface area contributed by atoms with Crippen LogP contribution in [0.15, 0.2) is 17.5 Å². The van der Waals surface area contributed by atoms with Crippen LogP contribution in [-0.4, -0.2) is 40.2 Å². The molecule has 78 valence electrons. The van der Waals surface area contributed by atoms with Crippen molar-refractivity contribution in [3.8, 4) is 0 Å². The van der Waals surface area contributed by atoms with E-state index in [1.807, 2.05) is 17.5 Å². The van der Waals surface area contributed by atoms with Gasteiger partial charge in [-0.1, -0.05) is 6.07 Å². The van der Waals surface area contributed by atoms with E-state index < -0.39 is 24.4 Å². The molecule has 4 atom stereocenters. The zero-order valence-corrected chi connectivity index (χ0v) is 8.22. The SMILES string of the molecule is OCC1OC(c2cccs2)C(O)C1O. The average molecular weight is 216 g/mol. The fourth-order valence-electron chi connectivity index (χ4n) is 1.59. The van der Waals surface area contributed by atoms with Crippen molar-refractivity contribution in [3.63, 3.8) is 0 Å². The molecule has 1 aliphatic rings. The van der Waals surface area contributed by atoms with Gasteiger partial charge in [0.2, 0.25) is 0 Å². The lowest BCUT2D eigenvalue weighted by Crippen LogP contribution is -2.32. The largest absolute Gasteiger partial charge is 0.394 e. The molecule has 1 saturated heterocycles. The topological polar surface area (TPSA) is 69.9 Å². The summed E-state index contributed by atoms with van der Waals surface area (Å²) in [5.74, 6) is 0. The van der Waals surface area contributed by atoms with Crippen LogP contribution in [0.4, 0.5) is 0 Å². The molecule has 0 radical (unpaired) electrons. The molecule has 2 heterocycles. The molecule has 1 aliphatic heterocycles. The van der Waals surface area contributed by atoms with E-state index in [1.165, 1.54) is 11.3 Å². The molecule has 2 rings (SSSR count). The molecular weight excluding hydrogens is 204 g/mol. The maximum absolute atomic E-state index is 9.65. The van der Waals surface area contributed by atoms with Gasteiger partial charge in [-0.05, 0) is 11.4 Å². The summed E-state index contributed by atoms with van der Waals surface area (Å²) in [6, 6.07) is 3.69. The summed E-state index contributed by atoms with van der Waals surface area (Å²) >= 11 is 1.46. The second kappa shape index (κ2) is 3.96. The van der Waals surface area contributed by atoms with Crippen molar-refractivity contribution in [2.24, 2.45) is 0 Å². The van der Waals surface area contributed by atoms with Gasteiger partial charge in [0.05, 0.1) is 6.61 Å². The van der Waals surface area contributed by atoms with Crippen LogP contribution in [0.1, 0.15) is 11.0 Å². The van der Waals surface area contributed by atoms with E-state index in [0.717, 1.165) is 4.88 Å². The van der Waals surface area contributed by atoms with Crippen LogP contribution in [-0.2, 0) is 4.74 Å². The molecule has 4 nitrogen and oxygen atoms in total. The fourth-order valence-corrected chi connectivity index (χ4v) is 2.39. The monoisotopic (exact) mass is 216 g/mol. The smallest absolute Gasteiger partial charge is 0.121 e. The first-order valence-corrected chi connectivity index (χ1v) is 5.28. The Morgan fingerprint density at radius 2 is 2.14 bits per heavy atom. The summed E-state index contributed by atoms with van der Waals surface area (Å²) in [6.07, 6.45) is -3.16. The van der Waals surface area contributed by atoms with E-state index in [-0.39, 0.29) is 6.61 Å². The molecule has 4 unspecified atom stereocenters. The van der Waals surface area contributed by atoms with Crippen molar-refractivity contribution in [1.82, 2.24) is 0 Å². The van der Waals surface area contributed by atoms with Crippen LogP contribution >= 0.6 is 11.3 Å². The van der Waals surface area contributed by atoms with Crippen molar-refractivity contribution < 1.29 is 20.1 Å². The fraction of sp³-hybridized carbons (Fsp3) is 0.556. The zero-order chi connectivity index (χ0) is 10.1. The van der Waals surface area contributed by atoms with Gasteiger partial charge in [-0.25, -0.2) is 0 Å². The van der Waals surface area contributed by atoms with Crippen molar-refractivity contribution in [3.05, 3.63) is 22.4 Å².